The minimum absolute atomic E-state index is 0.000904. The first-order valence-corrected chi connectivity index (χ1v) is 7.06. The lowest BCUT2D eigenvalue weighted by Crippen LogP contribution is -2.36. The number of non-ortho nitro benzene ring substituents is 1. The summed E-state index contributed by atoms with van der Waals surface area (Å²) >= 11 is 0. The molecule has 1 aromatic rings. The molecule has 22 heavy (non-hydrogen) atoms. The molecule has 0 aromatic heterocycles. The maximum Gasteiger partial charge on any atom is 0.269 e. The van der Waals surface area contributed by atoms with E-state index >= 15 is 0 Å². The Balaban J connectivity index is 2.13. The SMILES string of the molecule is C[C@@H](c1cccc([N+](=O)[O-])c1)N(C)C(=O)[C@H]1CC(=O)N(C)C1. The third-order valence-electron chi connectivity index (χ3n) is 4.18. The van der Waals surface area contributed by atoms with Gasteiger partial charge in [0.25, 0.3) is 5.69 Å². The van der Waals surface area contributed by atoms with Crippen LogP contribution in [0.4, 0.5) is 5.69 Å². The van der Waals surface area contributed by atoms with E-state index in [9.17, 15) is 19.7 Å². The summed E-state index contributed by atoms with van der Waals surface area (Å²) in [6.07, 6.45) is 0.224. The van der Waals surface area contributed by atoms with Crippen molar-refractivity contribution < 1.29 is 14.5 Å². The van der Waals surface area contributed by atoms with E-state index in [-0.39, 0.29) is 35.9 Å². The van der Waals surface area contributed by atoms with Gasteiger partial charge in [0.1, 0.15) is 0 Å². The normalized spacial score (nSPS) is 19.1. The number of rotatable bonds is 4. The van der Waals surface area contributed by atoms with Gasteiger partial charge in [0.15, 0.2) is 0 Å². The van der Waals surface area contributed by atoms with Crippen LogP contribution in [0.15, 0.2) is 24.3 Å². The fourth-order valence-electron chi connectivity index (χ4n) is 2.63. The zero-order valence-electron chi connectivity index (χ0n) is 12.9. The van der Waals surface area contributed by atoms with Crippen molar-refractivity contribution in [2.24, 2.45) is 5.92 Å². The average molecular weight is 305 g/mol. The molecule has 1 saturated heterocycles. The molecule has 1 aromatic carbocycles. The lowest BCUT2D eigenvalue weighted by Gasteiger charge is -2.27. The molecule has 1 fully saturated rings. The topological polar surface area (TPSA) is 83.8 Å². The van der Waals surface area contributed by atoms with Crippen molar-refractivity contribution in [2.75, 3.05) is 20.6 Å². The molecule has 2 amide bonds. The van der Waals surface area contributed by atoms with Crippen LogP contribution in [0.1, 0.15) is 24.9 Å². The number of carbonyl (C=O) groups excluding carboxylic acids is 2. The second-order valence-corrected chi connectivity index (χ2v) is 5.65. The first kappa shape index (κ1) is 15.9. The number of nitro benzene ring substituents is 1. The number of likely N-dealkylation sites (tertiary alicyclic amines) is 1. The highest BCUT2D eigenvalue weighted by Gasteiger charge is 2.35. The predicted octanol–water partition coefficient (Wildman–Crippen LogP) is 1.59. The van der Waals surface area contributed by atoms with Crippen LogP contribution in [-0.2, 0) is 9.59 Å². The maximum absolute atomic E-state index is 12.5. The van der Waals surface area contributed by atoms with E-state index in [2.05, 4.69) is 0 Å². The van der Waals surface area contributed by atoms with Gasteiger partial charge in [-0.05, 0) is 12.5 Å². The summed E-state index contributed by atoms with van der Waals surface area (Å²) in [5, 5.41) is 10.8. The van der Waals surface area contributed by atoms with E-state index in [1.165, 1.54) is 12.1 Å². The molecule has 2 rings (SSSR count). The van der Waals surface area contributed by atoms with Gasteiger partial charge in [-0.3, -0.25) is 19.7 Å². The average Bonchev–Trinajstić information content (AvgIpc) is 2.84. The second-order valence-electron chi connectivity index (χ2n) is 5.65. The van der Waals surface area contributed by atoms with Gasteiger partial charge in [0.05, 0.1) is 16.9 Å². The second kappa shape index (κ2) is 6.13. The van der Waals surface area contributed by atoms with Crippen molar-refractivity contribution in [1.29, 1.82) is 0 Å². The monoisotopic (exact) mass is 305 g/mol. The number of hydrogen-bond donors (Lipinski definition) is 0. The van der Waals surface area contributed by atoms with Crippen molar-refractivity contribution in [3.05, 3.63) is 39.9 Å². The third-order valence-corrected chi connectivity index (χ3v) is 4.18. The Morgan fingerprint density at radius 2 is 2.18 bits per heavy atom. The molecule has 0 N–H and O–H groups in total. The fraction of sp³-hybridized carbons (Fsp3) is 0.467. The van der Waals surface area contributed by atoms with Crippen LogP contribution >= 0.6 is 0 Å². The molecule has 0 radical (unpaired) electrons. The Morgan fingerprint density at radius 3 is 2.73 bits per heavy atom. The van der Waals surface area contributed by atoms with Crippen LogP contribution < -0.4 is 0 Å². The van der Waals surface area contributed by atoms with Gasteiger partial charge in [-0.1, -0.05) is 12.1 Å². The molecular weight excluding hydrogens is 286 g/mol. The molecule has 2 atom stereocenters. The fourth-order valence-corrected chi connectivity index (χ4v) is 2.63. The van der Waals surface area contributed by atoms with Gasteiger partial charge in [-0.15, -0.1) is 0 Å². The summed E-state index contributed by atoms with van der Waals surface area (Å²) in [5.41, 5.74) is 0.698. The standard InChI is InChI=1S/C15H19N3O4/c1-10(11-5-4-6-13(7-11)18(21)22)17(3)15(20)12-8-14(19)16(2)9-12/h4-7,10,12H,8-9H2,1-3H3/t10-,12-/m0/s1. The molecule has 7 nitrogen and oxygen atoms in total. The Hall–Kier alpha value is -2.44. The van der Waals surface area contributed by atoms with Crippen molar-refractivity contribution in [3.63, 3.8) is 0 Å². The minimum Gasteiger partial charge on any atom is -0.345 e. The molecule has 0 bridgehead atoms. The zero-order chi connectivity index (χ0) is 16.4. The number of benzene rings is 1. The Morgan fingerprint density at radius 1 is 1.50 bits per heavy atom. The highest BCUT2D eigenvalue weighted by atomic mass is 16.6. The maximum atomic E-state index is 12.5. The molecule has 1 aliphatic rings. The van der Waals surface area contributed by atoms with Gasteiger partial charge < -0.3 is 9.80 Å². The van der Waals surface area contributed by atoms with E-state index in [0.717, 1.165) is 0 Å². The highest BCUT2D eigenvalue weighted by molar-refractivity contribution is 5.89. The molecule has 0 aliphatic carbocycles. The van der Waals surface area contributed by atoms with E-state index < -0.39 is 4.92 Å². The first-order valence-electron chi connectivity index (χ1n) is 7.06. The number of hydrogen-bond acceptors (Lipinski definition) is 4. The molecular formula is C15H19N3O4. The van der Waals surface area contributed by atoms with Gasteiger partial charge in [-0.2, -0.15) is 0 Å². The van der Waals surface area contributed by atoms with Crippen LogP contribution in [0.5, 0.6) is 0 Å². The van der Waals surface area contributed by atoms with Gasteiger partial charge in [0.2, 0.25) is 11.8 Å². The van der Waals surface area contributed by atoms with E-state index in [0.29, 0.717) is 12.1 Å². The number of nitrogens with zero attached hydrogens (tertiary/aromatic N) is 3. The molecule has 0 unspecified atom stereocenters. The van der Waals surface area contributed by atoms with E-state index in [1.54, 1.807) is 36.0 Å². The van der Waals surface area contributed by atoms with Crippen LogP contribution in [-0.4, -0.2) is 47.2 Å². The van der Waals surface area contributed by atoms with Crippen molar-refractivity contribution >= 4 is 17.5 Å². The van der Waals surface area contributed by atoms with Crippen LogP contribution in [0.3, 0.4) is 0 Å². The Labute approximate surface area is 128 Å². The molecule has 7 heteroatoms. The van der Waals surface area contributed by atoms with Crippen molar-refractivity contribution in [2.45, 2.75) is 19.4 Å². The quantitative estimate of drug-likeness (QED) is 0.624. The van der Waals surface area contributed by atoms with Crippen LogP contribution in [0.25, 0.3) is 0 Å². The molecule has 0 spiro atoms. The molecule has 1 aliphatic heterocycles. The predicted molar refractivity (Wildman–Crippen MR) is 80.0 cm³/mol. The number of nitro groups is 1. The van der Waals surface area contributed by atoms with Crippen LogP contribution in [0, 0.1) is 16.0 Å². The van der Waals surface area contributed by atoms with Gasteiger partial charge in [-0.25, -0.2) is 0 Å². The van der Waals surface area contributed by atoms with Gasteiger partial charge >= 0.3 is 0 Å². The largest absolute Gasteiger partial charge is 0.345 e. The van der Waals surface area contributed by atoms with Crippen molar-refractivity contribution in [3.8, 4) is 0 Å². The summed E-state index contributed by atoms with van der Waals surface area (Å²) in [5.74, 6) is -0.491. The van der Waals surface area contributed by atoms with E-state index in [1.807, 2.05) is 6.92 Å². The van der Waals surface area contributed by atoms with Gasteiger partial charge in [0, 0.05) is 39.2 Å². The summed E-state index contributed by atoms with van der Waals surface area (Å²) in [6, 6.07) is 5.96. The Kier molecular flexibility index (Phi) is 4.44. The number of amides is 2. The summed E-state index contributed by atoms with van der Waals surface area (Å²) in [7, 11) is 3.34. The lowest BCUT2D eigenvalue weighted by molar-refractivity contribution is -0.384. The molecule has 118 valence electrons. The third kappa shape index (κ3) is 3.08. The van der Waals surface area contributed by atoms with Crippen molar-refractivity contribution in [1.82, 2.24) is 9.80 Å². The van der Waals surface area contributed by atoms with Crippen LogP contribution in [0.2, 0.25) is 0 Å². The van der Waals surface area contributed by atoms with E-state index in [4.69, 9.17) is 0 Å². The molecule has 0 saturated carbocycles. The molecule has 1 heterocycles. The smallest absolute Gasteiger partial charge is 0.269 e. The Bertz CT molecular complexity index is 617. The minimum atomic E-state index is -0.456. The lowest BCUT2D eigenvalue weighted by atomic mass is 10.0. The highest BCUT2D eigenvalue weighted by Crippen LogP contribution is 2.26. The zero-order valence-corrected chi connectivity index (χ0v) is 12.9. The summed E-state index contributed by atoms with van der Waals surface area (Å²) in [6.45, 7) is 2.24. The number of carbonyl (C=O) groups is 2. The summed E-state index contributed by atoms with van der Waals surface area (Å²) in [4.78, 5) is 37.5. The first-order chi connectivity index (χ1) is 10.3. The summed E-state index contributed by atoms with van der Waals surface area (Å²) < 4.78 is 0.